The van der Waals surface area contributed by atoms with Gasteiger partial charge in [0.15, 0.2) is 10.8 Å². The standard InChI is InChI=1S/C11H12F3N3OS2/c1-6(18-2)9-16-7(4-19-9)3-15-10-17-8(5-20-10)11(12,13)14/h4-6H,3H2,1-2H3,(H,15,17). The second-order valence-electron chi connectivity index (χ2n) is 3.94. The average Bonchev–Trinajstić information content (AvgIpc) is 3.03. The van der Waals surface area contributed by atoms with Crippen LogP contribution in [0.5, 0.6) is 0 Å². The van der Waals surface area contributed by atoms with E-state index in [9.17, 15) is 13.2 Å². The number of alkyl halides is 3. The van der Waals surface area contributed by atoms with E-state index in [1.165, 1.54) is 11.3 Å². The van der Waals surface area contributed by atoms with Crippen molar-refractivity contribution >= 4 is 27.8 Å². The number of ether oxygens (including phenoxy) is 1. The number of hydrogen-bond acceptors (Lipinski definition) is 6. The Labute approximate surface area is 121 Å². The second kappa shape index (κ2) is 6.06. The van der Waals surface area contributed by atoms with Gasteiger partial charge >= 0.3 is 6.18 Å². The molecule has 0 radical (unpaired) electrons. The Bertz CT molecular complexity index is 567. The van der Waals surface area contributed by atoms with Crippen molar-refractivity contribution in [3.05, 3.63) is 27.2 Å². The Hall–Kier alpha value is -1.19. The van der Waals surface area contributed by atoms with Gasteiger partial charge in [0.2, 0.25) is 0 Å². The first-order valence-electron chi connectivity index (χ1n) is 5.64. The number of rotatable bonds is 5. The van der Waals surface area contributed by atoms with Crippen LogP contribution in [0.25, 0.3) is 0 Å². The number of anilines is 1. The lowest BCUT2D eigenvalue weighted by molar-refractivity contribution is -0.140. The zero-order chi connectivity index (χ0) is 14.8. The lowest BCUT2D eigenvalue weighted by atomic mass is 10.4. The van der Waals surface area contributed by atoms with Gasteiger partial charge in [-0.15, -0.1) is 22.7 Å². The monoisotopic (exact) mass is 323 g/mol. The van der Waals surface area contributed by atoms with Gasteiger partial charge in [0.25, 0.3) is 0 Å². The summed E-state index contributed by atoms with van der Waals surface area (Å²) in [6.07, 6.45) is -4.50. The molecule has 9 heteroatoms. The van der Waals surface area contributed by atoms with Gasteiger partial charge in [-0.05, 0) is 6.92 Å². The van der Waals surface area contributed by atoms with Crippen molar-refractivity contribution in [1.29, 1.82) is 0 Å². The summed E-state index contributed by atoms with van der Waals surface area (Å²) in [7, 11) is 1.60. The maximum Gasteiger partial charge on any atom is 0.434 e. The number of nitrogens with one attached hydrogen (secondary N) is 1. The van der Waals surface area contributed by atoms with Crippen LogP contribution >= 0.6 is 22.7 Å². The summed E-state index contributed by atoms with van der Waals surface area (Å²) in [4.78, 5) is 7.83. The summed E-state index contributed by atoms with van der Waals surface area (Å²) in [5.74, 6) is 0. The Morgan fingerprint density at radius 3 is 2.65 bits per heavy atom. The Morgan fingerprint density at radius 1 is 1.30 bits per heavy atom. The van der Waals surface area contributed by atoms with Gasteiger partial charge < -0.3 is 10.1 Å². The third-order valence-corrected chi connectivity index (χ3v) is 4.34. The fourth-order valence-electron chi connectivity index (χ4n) is 1.34. The molecular formula is C11H12F3N3OS2. The SMILES string of the molecule is COC(C)c1nc(CNc2nc(C(F)(F)F)cs2)cs1. The molecule has 20 heavy (non-hydrogen) atoms. The average molecular weight is 323 g/mol. The zero-order valence-electron chi connectivity index (χ0n) is 10.7. The first-order valence-corrected chi connectivity index (χ1v) is 7.39. The molecule has 0 saturated carbocycles. The van der Waals surface area contributed by atoms with Crippen LogP contribution < -0.4 is 5.32 Å². The van der Waals surface area contributed by atoms with Crippen molar-refractivity contribution in [3.63, 3.8) is 0 Å². The minimum atomic E-state index is -4.40. The molecule has 2 rings (SSSR count). The van der Waals surface area contributed by atoms with E-state index in [-0.39, 0.29) is 11.2 Å². The van der Waals surface area contributed by atoms with E-state index in [0.29, 0.717) is 6.54 Å². The molecule has 0 aliphatic rings. The van der Waals surface area contributed by atoms with Crippen molar-refractivity contribution in [3.8, 4) is 0 Å². The highest BCUT2D eigenvalue weighted by atomic mass is 32.1. The summed E-state index contributed by atoms with van der Waals surface area (Å²) >= 11 is 2.38. The second-order valence-corrected chi connectivity index (χ2v) is 5.69. The molecule has 4 nitrogen and oxygen atoms in total. The maximum atomic E-state index is 12.4. The molecule has 0 amide bonds. The highest BCUT2D eigenvalue weighted by molar-refractivity contribution is 7.13. The number of thiazole rings is 2. The van der Waals surface area contributed by atoms with E-state index < -0.39 is 11.9 Å². The van der Waals surface area contributed by atoms with Crippen LogP contribution in [0.3, 0.4) is 0 Å². The normalized spacial score (nSPS) is 13.4. The summed E-state index contributed by atoms with van der Waals surface area (Å²) < 4.78 is 42.3. The number of hydrogen-bond donors (Lipinski definition) is 1. The van der Waals surface area contributed by atoms with Gasteiger partial charge in [0, 0.05) is 17.9 Å². The molecule has 0 saturated heterocycles. The number of aromatic nitrogens is 2. The van der Waals surface area contributed by atoms with Crippen molar-refractivity contribution in [2.24, 2.45) is 0 Å². The number of methoxy groups -OCH3 is 1. The third-order valence-electron chi connectivity index (χ3n) is 2.49. The lowest BCUT2D eigenvalue weighted by Gasteiger charge is -2.04. The van der Waals surface area contributed by atoms with Crippen LogP contribution in [0.15, 0.2) is 10.8 Å². The van der Waals surface area contributed by atoms with E-state index in [0.717, 1.165) is 27.4 Å². The van der Waals surface area contributed by atoms with E-state index in [4.69, 9.17) is 4.74 Å². The zero-order valence-corrected chi connectivity index (χ0v) is 12.3. The first kappa shape index (κ1) is 15.2. The van der Waals surface area contributed by atoms with Crippen LogP contribution in [0, 0.1) is 0 Å². The van der Waals surface area contributed by atoms with E-state index in [2.05, 4.69) is 15.3 Å². The molecule has 2 aromatic rings. The topological polar surface area (TPSA) is 47.0 Å². The van der Waals surface area contributed by atoms with Crippen LogP contribution in [0.1, 0.15) is 29.4 Å². The van der Waals surface area contributed by atoms with Crippen molar-refractivity contribution in [2.45, 2.75) is 25.7 Å². The van der Waals surface area contributed by atoms with E-state index >= 15 is 0 Å². The molecule has 1 N–H and O–H groups in total. The fourth-order valence-corrected chi connectivity index (χ4v) is 2.91. The summed E-state index contributed by atoms with van der Waals surface area (Å²) in [5.41, 5.74) is -0.130. The Morgan fingerprint density at radius 2 is 2.05 bits per heavy atom. The quantitative estimate of drug-likeness (QED) is 0.905. The molecule has 0 aliphatic heterocycles. The molecule has 2 aromatic heterocycles. The fraction of sp³-hybridized carbons (Fsp3) is 0.455. The molecule has 110 valence electrons. The lowest BCUT2D eigenvalue weighted by Crippen LogP contribution is -2.06. The van der Waals surface area contributed by atoms with Gasteiger partial charge in [-0.3, -0.25) is 0 Å². The van der Waals surface area contributed by atoms with Crippen LogP contribution in [0.4, 0.5) is 18.3 Å². The predicted octanol–water partition coefficient (Wildman–Crippen LogP) is 3.94. The molecule has 0 spiro atoms. The Balaban J connectivity index is 1.95. The summed E-state index contributed by atoms with van der Waals surface area (Å²) in [6.45, 7) is 2.21. The highest BCUT2D eigenvalue weighted by Crippen LogP contribution is 2.31. The number of nitrogens with zero attached hydrogens (tertiary/aromatic N) is 2. The highest BCUT2D eigenvalue weighted by Gasteiger charge is 2.33. The van der Waals surface area contributed by atoms with Crippen LogP contribution in [0.2, 0.25) is 0 Å². The predicted molar refractivity (Wildman–Crippen MR) is 72.0 cm³/mol. The van der Waals surface area contributed by atoms with Crippen molar-refractivity contribution in [1.82, 2.24) is 9.97 Å². The van der Waals surface area contributed by atoms with Crippen LogP contribution in [-0.4, -0.2) is 17.1 Å². The molecule has 0 aliphatic carbocycles. The minimum Gasteiger partial charge on any atom is -0.375 e. The van der Waals surface area contributed by atoms with E-state index in [1.807, 2.05) is 12.3 Å². The van der Waals surface area contributed by atoms with Gasteiger partial charge in [-0.1, -0.05) is 0 Å². The molecule has 1 atom stereocenters. The smallest absolute Gasteiger partial charge is 0.375 e. The van der Waals surface area contributed by atoms with Gasteiger partial charge in [-0.2, -0.15) is 13.2 Å². The third kappa shape index (κ3) is 3.68. The first-order chi connectivity index (χ1) is 9.40. The largest absolute Gasteiger partial charge is 0.434 e. The molecular weight excluding hydrogens is 311 g/mol. The summed E-state index contributed by atoms with van der Waals surface area (Å²) in [6, 6.07) is 0. The molecule has 1 unspecified atom stereocenters. The van der Waals surface area contributed by atoms with Crippen molar-refractivity contribution < 1.29 is 17.9 Å². The molecule has 0 bridgehead atoms. The maximum absolute atomic E-state index is 12.4. The molecule has 0 fully saturated rings. The van der Waals surface area contributed by atoms with Gasteiger partial charge in [0.1, 0.15) is 11.1 Å². The molecule has 0 aromatic carbocycles. The van der Waals surface area contributed by atoms with Crippen LogP contribution in [-0.2, 0) is 17.5 Å². The minimum absolute atomic E-state index is 0.0922. The van der Waals surface area contributed by atoms with Gasteiger partial charge in [-0.25, -0.2) is 9.97 Å². The number of halogens is 3. The summed E-state index contributed by atoms with van der Waals surface area (Å²) in [5, 5.41) is 6.73. The Kier molecular flexibility index (Phi) is 4.61. The van der Waals surface area contributed by atoms with E-state index in [1.54, 1.807) is 7.11 Å². The molecule has 2 heterocycles. The van der Waals surface area contributed by atoms with Crippen molar-refractivity contribution in [2.75, 3.05) is 12.4 Å². The van der Waals surface area contributed by atoms with Gasteiger partial charge in [0.05, 0.1) is 12.2 Å².